The van der Waals surface area contributed by atoms with Crippen LogP contribution in [-0.4, -0.2) is 12.2 Å². The van der Waals surface area contributed by atoms with Crippen molar-refractivity contribution < 1.29 is 18.6 Å². The predicted octanol–water partition coefficient (Wildman–Crippen LogP) is 3.01. The van der Waals surface area contributed by atoms with Crippen molar-refractivity contribution in [2.24, 2.45) is 0 Å². The van der Waals surface area contributed by atoms with Crippen LogP contribution in [0.15, 0.2) is 6.07 Å². The highest BCUT2D eigenvalue weighted by atomic mass is 19.2. The van der Waals surface area contributed by atoms with Gasteiger partial charge in [-0.15, -0.1) is 0 Å². The molecule has 0 aromatic heterocycles. The molecule has 14 heavy (non-hydrogen) atoms. The summed E-state index contributed by atoms with van der Waals surface area (Å²) < 4.78 is 30.1. The largest absolute Gasteiger partial charge is 0.507 e. The maximum Gasteiger partial charge on any atom is 0.201 e. The van der Waals surface area contributed by atoms with Crippen molar-refractivity contribution in [2.45, 2.75) is 20.8 Å². The van der Waals surface area contributed by atoms with Gasteiger partial charge in [-0.2, -0.15) is 4.39 Å². The van der Waals surface area contributed by atoms with Crippen LogP contribution in [0.3, 0.4) is 0 Å². The summed E-state index contributed by atoms with van der Waals surface area (Å²) in [6.07, 6.45) is 0. The molecule has 0 unspecified atom stereocenters. The molecule has 0 heterocycles. The Hall–Kier alpha value is -1.32. The molecular formula is C10H14F2O2. The molecule has 0 saturated carbocycles. The third-order valence-corrected chi connectivity index (χ3v) is 1.61. The maximum absolute atomic E-state index is 12.8. The van der Waals surface area contributed by atoms with E-state index >= 15 is 0 Å². The molecule has 0 aliphatic rings. The van der Waals surface area contributed by atoms with E-state index in [0.29, 0.717) is 0 Å². The van der Waals surface area contributed by atoms with E-state index in [9.17, 15) is 8.78 Å². The van der Waals surface area contributed by atoms with Gasteiger partial charge in [-0.1, -0.05) is 13.8 Å². The lowest BCUT2D eigenvalue weighted by molar-refractivity contribution is 0.362. The summed E-state index contributed by atoms with van der Waals surface area (Å²) in [7, 11) is 1.20. The van der Waals surface area contributed by atoms with Crippen LogP contribution in [0.25, 0.3) is 0 Å². The van der Waals surface area contributed by atoms with E-state index in [1.807, 2.05) is 13.8 Å². The number of phenols is 1. The Morgan fingerprint density at radius 3 is 2.14 bits per heavy atom. The van der Waals surface area contributed by atoms with Crippen molar-refractivity contribution >= 4 is 0 Å². The zero-order chi connectivity index (χ0) is 11.3. The van der Waals surface area contributed by atoms with Crippen molar-refractivity contribution in [3.05, 3.63) is 23.3 Å². The van der Waals surface area contributed by atoms with E-state index < -0.39 is 11.6 Å². The number of phenolic OH excluding ortho intramolecular Hbond substituents is 1. The van der Waals surface area contributed by atoms with Gasteiger partial charge in [0.15, 0.2) is 11.6 Å². The summed E-state index contributed by atoms with van der Waals surface area (Å²) in [6.45, 7) is 5.28. The van der Waals surface area contributed by atoms with Gasteiger partial charge in [0.05, 0.1) is 7.11 Å². The number of rotatable bonds is 1. The van der Waals surface area contributed by atoms with Gasteiger partial charge in [-0.25, -0.2) is 4.39 Å². The molecule has 0 saturated heterocycles. The molecule has 4 heteroatoms. The summed E-state index contributed by atoms with van der Waals surface area (Å²) in [5, 5.41) is 9.05. The fourth-order valence-electron chi connectivity index (χ4n) is 0.830. The molecule has 0 spiro atoms. The molecule has 0 aliphatic heterocycles. The second kappa shape index (κ2) is 5.42. The molecule has 1 aromatic carbocycles. The minimum Gasteiger partial charge on any atom is -0.507 e. The van der Waals surface area contributed by atoms with Crippen LogP contribution in [-0.2, 0) is 0 Å². The minimum absolute atomic E-state index is 0.117. The molecular weight excluding hydrogens is 190 g/mol. The number of halogens is 2. The number of hydrogen-bond acceptors (Lipinski definition) is 2. The number of methoxy groups -OCH3 is 1. The summed E-state index contributed by atoms with van der Waals surface area (Å²) in [5.41, 5.74) is -0.117. The van der Waals surface area contributed by atoms with E-state index in [0.717, 1.165) is 6.07 Å². The fraction of sp³-hybridized carbons (Fsp3) is 0.400. The highest BCUT2D eigenvalue weighted by molar-refractivity contribution is 5.41. The Bertz CT molecular complexity index is 311. The molecule has 80 valence electrons. The first-order chi connectivity index (χ1) is 6.57. The second-order valence-electron chi connectivity index (χ2n) is 2.35. The Labute approximate surface area is 82.1 Å². The van der Waals surface area contributed by atoms with Crippen molar-refractivity contribution in [3.8, 4) is 11.5 Å². The normalized spacial score (nSPS) is 9.00. The van der Waals surface area contributed by atoms with Gasteiger partial charge in [0, 0.05) is 11.6 Å². The molecule has 0 atom stereocenters. The van der Waals surface area contributed by atoms with Crippen molar-refractivity contribution in [2.75, 3.05) is 7.11 Å². The first-order valence-corrected chi connectivity index (χ1v) is 4.29. The summed E-state index contributed by atoms with van der Waals surface area (Å²) >= 11 is 0. The maximum atomic E-state index is 12.8. The lowest BCUT2D eigenvalue weighted by Gasteiger charge is -2.06. The van der Waals surface area contributed by atoms with Crippen molar-refractivity contribution in [1.82, 2.24) is 0 Å². The third kappa shape index (κ3) is 2.34. The number of hydrogen-bond donors (Lipinski definition) is 1. The van der Waals surface area contributed by atoms with E-state index in [4.69, 9.17) is 5.11 Å². The smallest absolute Gasteiger partial charge is 0.201 e. The van der Waals surface area contributed by atoms with Crippen LogP contribution in [0, 0.1) is 18.6 Å². The zero-order valence-electron chi connectivity index (χ0n) is 8.69. The third-order valence-electron chi connectivity index (χ3n) is 1.61. The molecule has 0 amide bonds. The van der Waals surface area contributed by atoms with Gasteiger partial charge in [-0.3, -0.25) is 0 Å². The topological polar surface area (TPSA) is 29.5 Å². The Kier molecular flexibility index (Phi) is 4.91. The Balaban J connectivity index is 0.000000791. The average molecular weight is 204 g/mol. The van der Waals surface area contributed by atoms with Gasteiger partial charge in [0.1, 0.15) is 5.75 Å². The number of ether oxygens (including phenoxy) is 1. The predicted molar refractivity (Wildman–Crippen MR) is 50.7 cm³/mol. The molecule has 0 fully saturated rings. The summed E-state index contributed by atoms with van der Waals surface area (Å²) in [5.74, 6) is -2.76. The molecule has 1 aromatic rings. The minimum atomic E-state index is -1.08. The molecule has 0 aliphatic carbocycles. The van der Waals surface area contributed by atoms with E-state index in [1.54, 1.807) is 0 Å². The van der Waals surface area contributed by atoms with Crippen LogP contribution >= 0.6 is 0 Å². The number of aromatic hydroxyl groups is 1. The lowest BCUT2D eigenvalue weighted by atomic mass is 10.2. The highest BCUT2D eigenvalue weighted by Gasteiger charge is 2.15. The van der Waals surface area contributed by atoms with Crippen molar-refractivity contribution in [3.63, 3.8) is 0 Å². The van der Waals surface area contributed by atoms with Crippen LogP contribution < -0.4 is 4.74 Å². The molecule has 0 bridgehead atoms. The Morgan fingerprint density at radius 2 is 1.71 bits per heavy atom. The standard InChI is InChI=1S/C8H8F2O2.C2H6/c1-4-5(11)3-6(12-2)8(10)7(4)9;1-2/h3,11H,1-2H3;1-2H3. The lowest BCUT2D eigenvalue weighted by Crippen LogP contribution is -1.94. The zero-order valence-corrected chi connectivity index (χ0v) is 8.69. The van der Waals surface area contributed by atoms with Gasteiger partial charge < -0.3 is 9.84 Å². The van der Waals surface area contributed by atoms with E-state index in [-0.39, 0.29) is 17.1 Å². The summed E-state index contributed by atoms with van der Waals surface area (Å²) in [4.78, 5) is 0. The fourth-order valence-corrected chi connectivity index (χ4v) is 0.830. The average Bonchev–Trinajstić information content (AvgIpc) is 2.23. The van der Waals surface area contributed by atoms with Gasteiger partial charge in [-0.05, 0) is 6.92 Å². The first kappa shape index (κ1) is 12.7. The molecule has 1 rings (SSSR count). The first-order valence-electron chi connectivity index (χ1n) is 4.29. The molecule has 1 N–H and O–H groups in total. The Morgan fingerprint density at radius 1 is 1.21 bits per heavy atom. The van der Waals surface area contributed by atoms with Crippen LogP contribution in [0.1, 0.15) is 19.4 Å². The second-order valence-corrected chi connectivity index (χ2v) is 2.35. The monoisotopic (exact) mass is 204 g/mol. The highest BCUT2D eigenvalue weighted by Crippen LogP contribution is 2.29. The summed E-state index contributed by atoms with van der Waals surface area (Å²) in [6, 6.07) is 1.04. The van der Waals surface area contributed by atoms with Crippen LogP contribution in [0.5, 0.6) is 11.5 Å². The number of benzene rings is 1. The molecule has 0 radical (unpaired) electrons. The SMILES string of the molecule is CC.COc1cc(O)c(C)c(F)c1F. The molecule has 2 nitrogen and oxygen atoms in total. The quantitative estimate of drug-likeness (QED) is 0.761. The van der Waals surface area contributed by atoms with Gasteiger partial charge in [0.2, 0.25) is 5.82 Å². The van der Waals surface area contributed by atoms with Gasteiger partial charge >= 0.3 is 0 Å². The van der Waals surface area contributed by atoms with Crippen LogP contribution in [0.2, 0.25) is 0 Å². The van der Waals surface area contributed by atoms with Gasteiger partial charge in [0.25, 0.3) is 0 Å². The van der Waals surface area contributed by atoms with E-state index in [1.165, 1.54) is 14.0 Å². The van der Waals surface area contributed by atoms with Crippen molar-refractivity contribution in [1.29, 1.82) is 0 Å². The van der Waals surface area contributed by atoms with E-state index in [2.05, 4.69) is 4.74 Å². The van der Waals surface area contributed by atoms with Crippen LogP contribution in [0.4, 0.5) is 8.78 Å².